The van der Waals surface area contributed by atoms with Gasteiger partial charge in [-0.15, -0.1) is 0 Å². The van der Waals surface area contributed by atoms with Gasteiger partial charge in [0.15, 0.2) is 0 Å². The minimum atomic E-state index is -0.321. The maximum absolute atomic E-state index is 12.3. The van der Waals surface area contributed by atoms with Gasteiger partial charge in [0.2, 0.25) is 5.91 Å². The van der Waals surface area contributed by atoms with Crippen LogP contribution in [-0.2, 0) is 11.8 Å². The zero-order valence-electron chi connectivity index (χ0n) is 12.1. The van der Waals surface area contributed by atoms with E-state index < -0.39 is 0 Å². The SMILES string of the molecule is CNC(C(=O)NCC1(C)CCCC1)c1cnn(C)c1. The van der Waals surface area contributed by atoms with Crippen LogP contribution in [0, 0.1) is 5.41 Å². The van der Waals surface area contributed by atoms with Gasteiger partial charge in [0, 0.05) is 25.4 Å². The summed E-state index contributed by atoms with van der Waals surface area (Å²) < 4.78 is 1.71. The topological polar surface area (TPSA) is 59.0 Å². The molecule has 0 spiro atoms. The van der Waals surface area contributed by atoms with Crippen LogP contribution in [0.25, 0.3) is 0 Å². The summed E-state index contributed by atoms with van der Waals surface area (Å²) in [6.45, 7) is 3.03. The highest BCUT2D eigenvalue weighted by atomic mass is 16.2. The van der Waals surface area contributed by atoms with E-state index in [1.165, 1.54) is 25.7 Å². The molecule has 0 radical (unpaired) electrons. The second-order valence-electron chi connectivity index (χ2n) is 5.90. The van der Waals surface area contributed by atoms with Crippen molar-refractivity contribution in [3.63, 3.8) is 0 Å². The van der Waals surface area contributed by atoms with E-state index in [-0.39, 0.29) is 17.4 Å². The van der Waals surface area contributed by atoms with Gasteiger partial charge in [-0.05, 0) is 25.3 Å². The van der Waals surface area contributed by atoms with E-state index in [4.69, 9.17) is 0 Å². The predicted molar refractivity (Wildman–Crippen MR) is 74.6 cm³/mol. The molecule has 1 fully saturated rings. The van der Waals surface area contributed by atoms with Crippen molar-refractivity contribution in [3.05, 3.63) is 18.0 Å². The predicted octanol–water partition coefficient (Wildman–Crippen LogP) is 1.38. The molecule has 1 aliphatic rings. The standard InChI is InChI=1S/C14H24N4O/c1-14(6-4-5-7-14)10-16-13(19)12(15-2)11-8-17-18(3)9-11/h8-9,12,15H,4-7,10H2,1-3H3,(H,16,19). The number of likely N-dealkylation sites (N-methyl/N-ethyl adjacent to an activating group) is 1. The van der Waals surface area contributed by atoms with Crippen molar-refractivity contribution in [1.29, 1.82) is 0 Å². The Kier molecular flexibility index (Phi) is 4.24. The van der Waals surface area contributed by atoms with E-state index in [1.807, 2.05) is 13.2 Å². The number of rotatable bonds is 5. The molecule has 19 heavy (non-hydrogen) atoms. The highest BCUT2D eigenvalue weighted by Gasteiger charge is 2.30. The second kappa shape index (κ2) is 5.74. The zero-order chi connectivity index (χ0) is 13.9. The number of aryl methyl sites for hydroxylation is 1. The number of hydrogen-bond donors (Lipinski definition) is 2. The maximum Gasteiger partial charge on any atom is 0.241 e. The Morgan fingerprint density at radius 2 is 2.21 bits per heavy atom. The molecule has 2 N–H and O–H groups in total. The van der Waals surface area contributed by atoms with Crippen LogP contribution in [0.1, 0.15) is 44.2 Å². The maximum atomic E-state index is 12.3. The Hall–Kier alpha value is -1.36. The third kappa shape index (κ3) is 3.35. The summed E-state index contributed by atoms with van der Waals surface area (Å²) >= 11 is 0. The number of aromatic nitrogens is 2. The highest BCUT2D eigenvalue weighted by Crippen LogP contribution is 2.36. The Labute approximate surface area is 114 Å². The molecule has 0 aliphatic heterocycles. The van der Waals surface area contributed by atoms with Crippen LogP contribution in [0.4, 0.5) is 0 Å². The summed E-state index contributed by atoms with van der Waals surface area (Å²) in [5.74, 6) is 0.0311. The molecule has 0 bridgehead atoms. The van der Waals surface area contributed by atoms with E-state index in [9.17, 15) is 4.79 Å². The lowest BCUT2D eigenvalue weighted by Crippen LogP contribution is -2.40. The van der Waals surface area contributed by atoms with Crippen molar-refractivity contribution >= 4 is 5.91 Å². The molecular formula is C14H24N4O. The van der Waals surface area contributed by atoms with Crippen LogP contribution >= 0.6 is 0 Å². The van der Waals surface area contributed by atoms with Crippen LogP contribution in [0.2, 0.25) is 0 Å². The number of nitrogens with one attached hydrogen (secondary N) is 2. The molecule has 0 saturated heterocycles. The average Bonchev–Trinajstić information content (AvgIpc) is 2.98. The van der Waals surface area contributed by atoms with E-state index >= 15 is 0 Å². The summed E-state index contributed by atoms with van der Waals surface area (Å²) in [5, 5.41) is 10.3. The summed E-state index contributed by atoms with van der Waals surface area (Å²) in [6.07, 6.45) is 8.60. The molecule has 1 atom stereocenters. The van der Waals surface area contributed by atoms with Gasteiger partial charge in [-0.1, -0.05) is 19.8 Å². The van der Waals surface area contributed by atoms with Crippen LogP contribution < -0.4 is 10.6 Å². The molecule has 106 valence electrons. The van der Waals surface area contributed by atoms with Crippen LogP contribution in [0.3, 0.4) is 0 Å². The molecule has 5 heteroatoms. The Balaban J connectivity index is 1.94. The summed E-state index contributed by atoms with van der Waals surface area (Å²) in [6, 6.07) is -0.321. The zero-order valence-corrected chi connectivity index (χ0v) is 12.1. The van der Waals surface area contributed by atoms with Gasteiger partial charge in [-0.2, -0.15) is 5.10 Å². The fraction of sp³-hybridized carbons (Fsp3) is 0.714. The van der Waals surface area contributed by atoms with Crippen molar-refractivity contribution < 1.29 is 4.79 Å². The van der Waals surface area contributed by atoms with Crippen LogP contribution in [0.5, 0.6) is 0 Å². The number of carbonyl (C=O) groups is 1. The average molecular weight is 264 g/mol. The first kappa shape index (κ1) is 14.1. The van der Waals surface area contributed by atoms with E-state index in [0.717, 1.165) is 12.1 Å². The molecule has 1 amide bonds. The highest BCUT2D eigenvalue weighted by molar-refractivity contribution is 5.83. The lowest BCUT2D eigenvalue weighted by molar-refractivity contribution is -0.123. The molecule has 1 unspecified atom stereocenters. The van der Waals surface area contributed by atoms with Gasteiger partial charge in [0.05, 0.1) is 6.20 Å². The van der Waals surface area contributed by atoms with Gasteiger partial charge in [-0.3, -0.25) is 9.48 Å². The van der Waals surface area contributed by atoms with Crippen molar-refractivity contribution in [2.75, 3.05) is 13.6 Å². The van der Waals surface area contributed by atoms with Crippen molar-refractivity contribution in [2.45, 2.75) is 38.6 Å². The van der Waals surface area contributed by atoms with Crippen LogP contribution in [-0.4, -0.2) is 29.3 Å². The third-order valence-corrected chi connectivity index (χ3v) is 4.11. The van der Waals surface area contributed by atoms with Gasteiger partial charge in [0.25, 0.3) is 0 Å². The first-order valence-electron chi connectivity index (χ1n) is 6.98. The van der Waals surface area contributed by atoms with Gasteiger partial charge in [-0.25, -0.2) is 0 Å². The summed E-state index contributed by atoms with van der Waals surface area (Å²) in [5.41, 5.74) is 1.18. The summed E-state index contributed by atoms with van der Waals surface area (Å²) in [7, 11) is 3.65. The number of hydrogen-bond acceptors (Lipinski definition) is 3. The smallest absolute Gasteiger partial charge is 0.241 e. The second-order valence-corrected chi connectivity index (χ2v) is 5.90. The number of carbonyl (C=O) groups excluding carboxylic acids is 1. The van der Waals surface area contributed by atoms with E-state index in [2.05, 4.69) is 22.7 Å². The molecule has 1 saturated carbocycles. The molecule has 1 aromatic rings. The van der Waals surface area contributed by atoms with Crippen LogP contribution in [0.15, 0.2) is 12.4 Å². The normalized spacial score (nSPS) is 19.3. The van der Waals surface area contributed by atoms with E-state index in [1.54, 1.807) is 17.9 Å². The molecule has 2 rings (SSSR count). The first-order chi connectivity index (χ1) is 9.04. The third-order valence-electron chi connectivity index (χ3n) is 4.11. The molecular weight excluding hydrogens is 240 g/mol. The van der Waals surface area contributed by atoms with Crippen molar-refractivity contribution in [1.82, 2.24) is 20.4 Å². The summed E-state index contributed by atoms with van der Waals surface area (Å²) in [4.78, 5) is 12.3. The van der Waals surface area contributed by atoms with Gasteiger partial charge >= 0.3 is 0 Å². The fourth-order valence-electron chi connectivity index (χ4n) is 2.85. The Bertz CT molecular complexity index is 434. The number of amides is 1. The quantitative estimate of drug-likeness (QED) is 0.844. The van der Waals surface area contributed by atoms with Crippen molar-refractivity contribution in [2.24, 2.45) is 12.5 Å². The first-order valence-corrected chi connectivity index (χ1v) is 6.98. The molecule has 0 aromatic carbocycles. The minimum Gasteiger partial charge on any atom is -0.354 e. The Morgan fingerprint density at radius 3 is 2.74 bits per heavy atom. The van der Waals surface area contributed by atoms with Crippen molar-refractivity contribution in [3.8, 4) is 0 Å². The largest absolute Gasteiger partial charge is 0.354 e. The minimum absolute atomic E-state index is 0.0311. The lowest BCUT2D eigenvalue weighted by Gasteiger charge is -2.25. The molecule has 1 heterocycles. The van der Waals surface area contributed by atoms with Gasteiger partial charge < -0.3 is 10.6 Å². The Morgan fingerprint density at radius 1 is 1.53 bits per heavy atom. The molecule has 1 aliphatic carbocycles. The monoisotopic (exact) mass is 264 g/mol. The molecule has 1 aromatic heterocycles. The molecule has 5 nitrogen and oxygen atoms in total. The lowest BCUT2D eigenvalue weighted by atomic mass is 9.89. The van der Waals surface area contributed by atoms with Gasteiger partial charge in [0.1, 0.15) is 6.04 Å². The fourth-order valence-corrected chi connectivity index (χ4v) is 2.85. The van der Waals surface area contributed by atoms with E-state index in [0.29, 0.717) is 0 Å². The number of nitrogens with zero attached hydrogens (tertiary/aromatic N) is 2.